The lowest BCUT2D eigenvalue weighted by Crippen LogP contribution is -2.36. The van der Waals surface area contributed by atoms with E-state index >= 15 is 0 Å². The smallest absolute Gasteiger partial charge is 0.159 e. The molecule has 0 aliphatic heterocycles. The van der Waals surface area contributed by atoms with E-state index in [4.69, 9.17) is 5.73 Å². The zero-order chi connectivity index (χ0) is 13.1. The van der Waals surface area contributed by atoms with Gasteiger partial charge in [0, 0.05) is 12.1 Å². The van der Waals surface area contributed by atoms with E-state index in [9.17, 15) is 8.78 Å². The van der Waals surface area contributed by atoms with Gasteiger partial charge in [-0.2, -0.15) is 0 Å². The third-order valence-electron chi connectivity index (χ3n) is 2.57. The van der Waals surface area contributed by atoms with Crippen LogP contribution in [0.25, 0.3) is 0 Å². The van der Waals surface area contributed by atoms with Crippen molar-refractivity contribution in [1.29, 1.82) is 0 Å². The van der Waals surface area contributed by atoms with E-state index in [0.717, 1.165) is 24.6 Å². The van der Waals surface area contributed by atoms with E-state index in [1.165, 1.54) is 6.07 Å². The third-order valence-corrected chi connectivity index (χ3v) is 2.57. The predicted octanol–water partition coefficient (Wildman–Crippen LogP) is 2.52. The second-order valence-electron chi connectivity index (χ2n) is 5.22. The van der Waals surface area contributed by atoms with Gasteiger partial charge in [0.1, 0.15) is 0 Å². The molecule has 0 heterocycles. The van der Waals surface area contributed by atoms with Crippen molar-refractivity contribution in [3.8, 4) is 0 Å². The number of nitrogens with two attached hydrogens (primary N) is 1. The Labute approximate surface area is 101 Å². The Balaban J connectivity index is 2.50. The first-order valence-corrected chi connectivity index (χ1v) is 5.69. The number of benzene rings is 1. The van der Waals surface area contributed by atoms with E-state index in [2.05, 4.69) is 0 Å². The van der Waals surface area contributed by atoms with Gasteiger partial charge in [0.25, 0.3) is 0 Å². The van der Waals surface area contributed by atoms with Crippen LogP contribution < -0.4 is 5.73 Å². The molecule has 2 nitrogen and oxygen atoms in total. The van der Waals surface area contributed by atoms with Crippen LogP contribution in [0.1, 0.15) is 25.8 Å². The van der Waals surface area contributed by atoms with Crippen LogP contribution in [0.5, 0.6) is 0 Å². The molecule has 0 saturated heterocycles. The summed E-state index contributed by atoms with van der Waals surface area (Å²) in [6.07, 6.45) is 0.854. The minimum atomic E-state index is -0.806. The van der Waals surface area contributed by atoms with Crippen LogP contribution in [-0.2, 0) is 6.54 Å². The van der Waals surface area contributed by atoms with Crippen molar-refractivity contribution in [2.45, 2.75) is 32.4 Å². The summed E-state index contributed by atoms with van der Waals surface area (Å²) < 4.78 is 25.7. The van der Waals surface area contributed by atoms with Gasteiger partial charge < -0.3 is 10.6 Å². The van der Waals surface area contributed by atoms with Crippen molar-refractivity contribution < 1.29 is 8.78 Å². The molecule has 0 aromatic heterocycles. The molecule has 0 aliphatic rings. The van der Waals surface area contributed by atoms with Crippen LogP contribution in [0.4, 0.5) is 8.78 Å². The number of halogens is 2. The zero-order valence-corrected chi connectivity index (χ0v) is 10.6. The molecule has 0 saturated carbocycles. The summed E-state index contributed by atoms with van der Waals surface area (Å²) in [5, 5.41) is 0. The maximum Gasteiger partial charge on any atom is 0.159 e. The Hall–Kier alpha value is -1.00. The quantitative estimate of drug-likeness (QED) is 0.859. The zero-order valence-electron chi connectivity index (χ0n) is 10.6. The summed E-state index contributed by atoms with van der Waals surface area (Å²) in [4.78, 5) is 2.04. The van der Waals surface area contributed by atoms with Gasteiger partial charge in [-0.1, -0.05) is 6.07 Å². The molecule has 1 aromatic rings. The molecule has 2 N–H and O–H groups in total. The lowest BCUT2D eigenvalue weighted by Gasteiger charge is -2.23. The molecule has 17 heavy (non-hydrogen) atoms. The highest BCUT2D eigenvalue weighted by atomic mass is 19.2. The molecular weight excluding hydrogens is 222 g/mol. The average molecular weight is 242 g/mol. The lowest BCUT2D eigenvalue weighted by molar-refractivity contribution is 0.288. The largest absolute Gasteiger partial charge is 0.326 e. The molecule has 0 spiro atoms. The maximum atomic E-state index is 13.0. The Morgan fingerprint density at radius 1 is 1.24 bits per heavy atom. The predicted molar refractivity (Wildman–Crippen MR) is 65.6 cm³/mol. The van der Waals surface area contributed by atoms with Gasteiger partial charge in [-0.25, -0.2) is 8.78 Å². The molecule has 4 heteroatoms. The molecule has 0 amide bonds. The number of hydrogen-bond donors (Lipinski definition) is 1. The van der Waals surface area contributed by atoms with Crippen molar-refractivity contribution in [2.24, 2.45) is 5.73 Å². The first-order chi connectivity index (χ1) is 7.78. The molecule has 0 bridgehead atoms. The van der Waals surface area contributed by atoms with Gasteiger partial charge in [0.2, 0.25) is 0 Å². The van der Waals surface area contributed by atoms with E-state index in [-0.39, 0.29) is 5.54 Å². The topological polar surface area (TPSA) is 29.3 Å². The maximum absolute atomic E-state index is 13.0. The first kappa shape index (κ1) is 14.1. The van der Waals surface area contributed by atoms with Gasteiger partial charge in [0.05, 0.1) is 0 Å². The van der Waals surface area contributed by atoms with Crippen LogP contribution >= 0.6 is 0 Å². The molecule has 1 aromatic carbocycles. The Kier molecular flexibility index (Phi) is 4.60. The molecule has 0 radical (unpaired) electrons. The van der Waals surface area contributed by atoms with E-state index < -0.39 is 11.6 Å². The normalized spacial score (nSPS) is 12.2. The molecule has 0 unspecified atom stereocenters. The highest BCUT2D eigenvalue weighted by molar-refractivity contribution is 5.17. The van der Waals surface area contributed by atoms with Gasteiger partial charge in [-0.05, 0) is 51.6 Å². The number of nitrogens with zero attached hydrogens (tertiary/aromatic N) is 1. The van der Waals surface area contributed by atoms with Crippen molar-refractivity contribution in [3.63, 3.8) is 0 Å². The van der Waals surface area contributed by atoms with E-state index in [1.54, 1.807) is 6.07 Å². The van der Waals surface area contributed by atoms with Crippen LogP contribution in [0.3, 0.4) is 0 Å². The van der Waals surface area contributed by atoms with Crippen molar-refractivity contribution in [3.05, 3.63) is 35.4 Å². The van der Waals surface area contributed by atoms with Crippen LogP contribution in [0.15, 0.2) is 18.2 Å². The lowest BCUT2D eigenvalue weighted by atomic mass is 10.0. The van der Waals surface area contributed by atoms with Crippen molar-refractivity contribution in [1.82, 2.24) is 4.90 Å². The monoisotopic (exact) mass is 242 g/mol. The SMILES string of the molecule is CN(CCC(C)(C)N)Cc1ccc(F)c(F)c1. The fourth-order valence-electron chi connectivity index (χ4n) is 1.51. The van der Waals surface area contributed by atoms with Crippen molar-refractivity contribution >= 4 is 0 Å². The Morgan fingerprint density at radius 3 is 2.41 bits per heavy atom. The van der Waals surface area contributed by atoms with E-state index in [1.807, 2.05) is 25.8 Å². The fourth-order valence-corrected chi connectivity index (χ4v) is 1.51. The summed E-state index contributed by atoms with van der Waals surface area (Å²) >= 11 is 0. The molecule has 0 atom stereocenters. The highest BCUT2D eigenvalue weighted by Crippen LogP contribution is 2.11. The molecular formula is C13H20F2N2. The highest BCUT2D eigenvalue weighted by Gasteiger charge is 2.12. The summed E-state index contributed by atoms with van der Waals surface area (Å²) in [5.41, 5.74) is 6.44. The molecule has 0 aliphatic carbocycles. The number of hydrogen-bond acceptors (Lipinski definition) is 2. The molecule has 1 rings (SSSR count). The summed E-state index contributed by atoms with van der Waals surface area (Å²) in [6.45, 7) is 5.35. The third kappa shape index (κ3) is 5.24. The van der Waals surface area contributed by atoms with Crippen LogP contribution in [0.2, 0.25) is 0 Å². The Bertz CT molecular complexity index is 372. The second kappa shape index (κ2) is 5.56. The fraction of sp³-hybridized carbons (Fsp3) is 0.538. The summed E-state index contributed by atoms with van der Waals surface area (Å²) in [5.74, 6) is -1.60. The average Bonchev–Trinajstić information content (AvgIpc) is 2.20. The van der Waals surface area contributed by atoms with Gasteiger partial charge in [-0.15, -0.1) is 0 Å². The van der Waals surface area contributed by atoms with Gasteiger partial charge in [0.15, 0.2) is 11.6 Å². The number of rotatable bonds is 5. The van der Waals surface area contributed by atoms with Crippen LogP contribution in [-0.4, -0.2) is 24.0 Å². The standard InChI is InChI=1S/C13H20F2N2/c1-13(2,16)6-7-17(3)9-10-4-5-11(14)12(15)8-10/h4-5,8H,6-7,9,16H2,1-3H3. The van der Waals surface area contributed by atoms with E-state index in [0.29, 0.717) is 6.54 Å². The van der Waals surface area contributed by atoms with Crippen molar-refractivity contribution in [2.75, 3.05) is 13.6 Å². The first-order valence-electron chi connectivity index (χ1n) is 5.69. The minimum absolute atomic E-state index is 0.206. The van der Waals surface area contributed by atoms with Gasteiger partial charge >= 0.3 is 0 Å². The molecule has 0 fully saturated rings. The summed E-state index contributed by atoms with van der Waals surface area (Å²) in [6, 6.07) is 3.99. The second-order valence-corrected chi connectivity index (χ2v) is 5.22. The minimum Gasteiger partial charge on any atom is -0.326 e. The summed E-state index contributed by atoms with van der Waals surface area (Å²) in [7, 11) is 1.94. The molecule has 96 valence electrons. The van der Waals surface area contributed by atoms with Gasteiger partial charge in [-0.3, -0.25) is 0 Å². The van der Waals surface area contributed by atoms with Crippen LogP contribution in [0, 0.1) is 11.6 Å². The Morgan fingerprint density at radius 2 is 1.88 bits per heavy atom.